The summed E-state index contributed by atoms with van der Waals surface area (Å²) in [5, 5.41) is 3.41. The van der Waals surface area contributed by atoms with Crippen LogP contribution in [-0.2, 0) is 6.42 Å². The quantitative estimate of drug-likeness (QED) is 0.665. The van der Waals surface area contributed by atoms with Crippen LogP contribution in [0, 0.1) is 0 Å². The Morgan fingerprint density at radius 2 is 1.79 bits per heavy atom. The summed E-state index contributed by atoms with van der Waals surface area (Å²) in [6.07, 6.45) is 4.56. The van der Waals surface area contributed by atoms with Gasteiger partial charge < -0.3 is 19.9 Å². The molecule has 0 amide bonds. The minimum Gasteiger partial charge on any atom is -0.497 e. The number of pyridine rings is 1. The second-order valence-corrected chi connectivity index (χ2v) is 6.93. The van der Waals surface area contributed by atoms with E-state index in [2.05, 4.69) is 43.3 Å². The first-order chi connectivity index (χ1) is 14.3. The van der Waals surface area contributed by atoms with Crippen LogP contribution in [0.4, 0.5) is 17.6 Å². The number of hydrogen-bond acceptors (Lipinski definition) is 7. The average Bonchev–Trinajstić information content (AvgIpc) is 2.80. The minimum atomic E-state index is 0.775. The highest BCUT2D eigenvalue weighted by atomic mass is 16.5. The molecule has 1 N–H and O–H groups in total. The largest absolute Gasteiger partial charge is 0.497 e. The molecule has 1 saturated heterocycles. The van der Waals surface area contributed by atoms with Crippen molar-refractivity contribution in [3.8, 4) is 5.75 Å². The van der Waals surface area contributed by atoms with Gasteiger partial charge >= 0.3 is 0 Å². The molecule has 7 heteroatoms. The third-order valence-corrected chi connectivity index (χ3v) is 5.03. The van der Waals surface area contributed by atoms with E-state index < -0.39 is 0 Å². The zero-order valence-electron chi connectivity index (χ0n) is 16.7. The Morgan fingerprint density at radius 1 is 0.931 bits per heavy atom. The Labute approximate surface area is 171 Å². The molecule has 2 aromatic heterocycles. The van der Waals surface area contributed by atoms with Crippen molar-refractivity contribution in [1.29, 1.82) is 0 Å². The van der Waals surface area contributed by atoms with Crippen LogP contribution < -0.4 is 19.9 Å². The highest BCUT2D eigenvalue weighted by molar-refractivity contribution is 5.45. The Kier molecular flexibility index (Phi) is 6.04. The fourth-order valence-electron chi connectivity index (χ4n) is 3.44. The first-order valence-electron chi connectivity index (χ1n) is 9.92. The van der Waals surface area contributed by atoms with E-state index in [4.69, 9.17) is 9.72 Å². The van der Waals surface area contributed by atoms with Gasteiger partial charge in [-0.15, -0.1) is 0 Å². The molecule has 1 aliphatic rings. The predicted molar refractivity (Wildman–Crippen MR) is 116 cm³/mol. The lowest BCUT2D eigenvalue weighted by Gasteiger charge is -2.35. The molecule has 0 unspecified atom stereocenters. The summed E-state index contributed by atoms with van der Waals surface area (Å²) in [7, 11) is 1.69. The lowest BCUT2D eigenvalue weighted by Crippen LogP contribution is -2.47. The number of anilines is 3. The van der Waals surface area contributed by atoms with E-state index in [1.165, 1.54) is 5.56 Å². The maximum atomic E-state index is 5.28. The minimum absolute atomic E-state index is 0.775. The van der Waals surface area contributed by atoms with Gasteiger partial charge in [-0.3, -0.25) is 0 Å². The average molecular weight is 390 g/mol. The molecular formula is C22H26N6O. The molecule has 7 nitrogen and oxygen atoms in total. The normalized spacial score (nSPS) is 14.0. The number of ether oxygens (including phenoxy) is 1. The molecule has 0 bridgehead atoms. The van der Waals surface area contributed by atoms with Gasteiger partial charge in [0, 0.05) is 45.1 Å². The molecule has 3 heterocycles. The van der Waals surface area contributed by atoms with Crippen molar-refractivity contribution in [1.82, 2.24) is 15.0 Å². The number of hydrogen-bond donors (Lipinski definition) is 1. The number of nitrogens with one attached hydrogen (secondary N) is 1. The number of rotatable bonds is 7. The van der Waals surface area contributed by atoms with E-state index in [0.29, 0.717) is 0 Å². The standard InChI is InChI=1S/C22H26N6O/c1-29-19-6-4-5-18(17-19)8-11-23-20-9-12-25-22(26-20)28-15-13-27(14-16-28)21-7-2-3-10-24-21/h2-7,9-10,12,17H,8,11,13-16H2,1H3,(H,23,25,26). The summed E-state index contributed by atoms with van der Waals surface area (Å²) in [6.45, 7) is 4.38. The maximum Gasteiger partial charge on any atom is 0.227 e. The molecule has 0 aliphatic carbocycles. The molecule has 4 rings (SSSR count). The first-order valence-corrected chi connectivity index (χ1v) is 9.92. The summed E-state index contributed by atoms with van der Waals surface area (Å²) in [5.74, 6) is 3.54. The number of methoxy groups -OCH3 is 1. The second-order valence-electron chi connectivity index (χ2n) is 6.93. The van der Waals surface area contributed by atoms with E-state index in [-0.39, 0.29) is 0 Å². The third-order valence-electron chi connectivity index (χ3n) is 5.03. The van der Waals surface area contributed by atoms with Gasteiger partial charge in [-0.25, -0.2) is 9.97 Å². The Hall–Kier alpha value is -3.35. The van der Waals surface area contributed by atoms with Crippen LogP contribution in [0.3, 0.4) is 0 Å². The zero-order chi connectivity index (χ0) is 19.9. The SMILES string of the molecule is COc1cccc(CCNc2ccnc(N3CCN(c4ccccn4)CC3)n2)c1. The monoisotopic (exact) mass is 390 g/mol. The van der Waals surface area contributed by atoms with E-state index in [1.54, 1.807) is 7.11 Å². The maximum absolute atomic E-state index is 5.28. The van der Waals surface area contributed by atoms with Crippen molar-refractivity contribution in [2.75, 3.05) is 55.0 Å². The fraction of sp³-hybridized carbons (Fsp3) is 0.318. The summed E-state index contributed by atoms with van der Waals surface area (Å²) < 4.78 is 5.28. The molecule has 1 aromatic carbocycles. The molecule has 3 aromatic rings. The van der Waals surface area contributed by atoms with Gasteiger partial charge in [0.1, 0.15) is 17.4 Å². The van der Waals surface area contributed by atoms with Crippen molar-refractivity contribution < 1.29 is 4.74 Å². The molecule has 0 radical (unpaired) electrons. The van der Waals surface area contributed by atoms with E-state index >= 15 is 0 Å². The molecule has 0 atom stereocenters. The molecular weight excluding hydrogens is 364 g/mol. The number of nitrogens with zero attached hydrogens (tertiary/aromatic N) is 5. The van der Waals surface area contributed by atoms with Crippen LogP contribution in [0.15, 0.2) is 60.9 Å². The predicted octanol–water partition coefficient (Wildman–Crippen LogP) is 2.86. The van der Waals surface area contributed by atoms with Crippen LogP contribution in [0.5, 0.6) is 5.75 Å². The van der Waals surface area contributed by atoms with Crippen molar-refractivity contribution in [2.24, 2.45) is 0 Å². The van der Waals surface area contributed by atoms with Gasteiger partial charge in [0.25, 0.3) is 0 Å². The van der Waals surface area contributed by atoms with Gasteiger partial charge in [0.2, 0.25) is 5.95 Å². The Morgan fingerprint density at radius 3 is 2.59 bits per heavy atom. The first kappa shape index (κ1) is 19.0. The zero-order valence-corrected chi connectivity index (χ0v) is 16.7. The highest BCUT2D eigenvalue weighted by Crippen LogP contribution is 2.17. The number of benzene rings is 1. The van der Waals surface area contributed by atoms with Gasteiger partial charge in [0.15, 0.2) is 0 Å². The fourth-order valence-corrected chi connectivity index (χ4v) is 3.44. The molecule has 29 heavy (non-hydrogen) atoms. The van der Waals surface area contributed by atoms with Crippen LogP contribution >= 0.6 is 0 Å². The summed E-state index contributed by atoms with van der Waals surface area (Å²) >= 11 is 0. The summed E-state index contributed by atoms with van der Waals surface area (Å²) in [6, 6.07) is 16.1. The molecule has 1 aliphatic heterocycles. The molecule has 150 valence electrons. The van der Waals surface area contributed by atoms with Gasteiger partial charge in [-0.2, -0.15) is 4.98 Å². The summed E-state index contributed by atoms with van der Waals surface area (Å²) in [4.78, 5) is 18.1. The summed E-state index contributed by atoms with van der Waals surface area (Å²) in [5.41, 5.74) is 1.23. The van der Waals surface area contributed by atoms with Crippen molar-refractivity contribution in [2.45, 2.75) is 6.42 Å². The van der Waals surface area contributed by atoms with Crippen LogP contribution in [0.25, 0.3) is 0 Å². The van der Waals surface area contributed by atoms with Gasteiger partial charge in [-0.1, -0.05) is 18.2 Å². The van der Waals surface area contributed by atoms with Crippen LogP contribution in [0.2, 0.25) is 0 Å². The van der Waals surface area contributed by atoms with Gasteiger partial charge in [-0.05, 0) is 42.3 Å². The second kappa shape index (κ2) is 9.23. The lowest BCUT2D eigenvalue weighted by atomic mass is 10.1. The third kappa shape index (κ3) is 4.93. The smallest absolute Gasteiger partial charge is 0.227 e. The van der Waals surface area contributed by atoms with Crippen molar-refractivity contribution in [3.05, 3.63) is 66.5 Å². The Bertz CT molecular complexity index is 912. The van der Waals surface area contributed by atoms with Crippen molar-refractivity contribution >= 4 is 17.6 Å². The van der Waals surface area contributed by atoms with E-state index in [0.717, 1.165) is 62.5 Å². The van der Waals surface area contributed by atoms with E-state index in [1.807, 2.05) is 42.7 Å². The van der Waals surface area contributed by atoms with Gasteiger partial charge in [0.05, 0.1) is 7.11 Å². The Balaban J connectivity index is 1.31. The highest BCUT2D eigenvalue weighted by Gasteiger charge is 2.19. The lowest BCUT2D eigenvalue weighted by molar-refractivity contribution is 0.414. The molecule has 0 saturated carbocycles. The topological polar surface area (TPSA) is 66.4 Å². The van der Waals surface area contributed by atoms with E-state index in [9.17, 15) is 0 Å². The number of aromatic nitrogens is 3. The molecule has 0 spiro atoms. The van der Waals surface area contributed by atoms with Crippen LogP contribution in [0.1, 0.15) is 5.56 Å². The van der Waals surface area contributed by atoms with Crippen molar-refractivity contribution in [3.63, 3.8) is 0 Å². The molecule has 1 fully saturated rings. The number of piperazine rings is 1. The van der Waals surface area contributed by atoms with Crippen LogP contribution in [-0.4, -0.2) is 54.8 Å².